The molecule has 17 heavy (non-hydrogen) atoms. The van der Waals surface area contributed by atoms with E-state index >= 15 is 0 Å². The van der Waals surface area contributed by atoms with Gasteiger partial charge < -0.3 is 10.1 Å². The minimum Gasteiger partial charge on any atom is -0.382 e. The van der Waals surface area contributed by atoms with Gasteiger partial charge in [0, 0.05) is 18.2 Å². The molecule has 0 aliphatic carbocycles. The Balaban J connectivity index is 2.84. The van der Waals surface area contributed by atoms with Crippen LogP contribution in [0.25, 0.3) is 0 Å². The zero-order valence-electron chi connectivity index (χ0n) is 11.1. The van der Waals surface area contributed by atoms with Gasteiger partial charge >= 0.3 is 0 Å². The molecule has 0 bridgehead atoms. The van der Waals surface area contributed by atoms with Crippen LogP contribution in [0.5, 0.6) is 0 Å². The van der Waals surface area contributed by atoms with Crippen molar-refractivity contribution in [1.82, 2.24) is 5.32 Å². The van der Waals surface area contributed by atoms with E-state index in [1.54, 1.807) is 7.11 Å². The molecule has 0 aliphatic rings. The molecule has 0 saturated heterocycles. The van der Waals surface area contributed by atoms with Crippen LogP contribution < -0.4 is 5.32 Å². The van der Waals surface area contributed by atoms with E-state index in [9.17, 15) is 0 Å². The van der Waals surface area contributed by atoms with Gasteiger partial charge in [-0.3, -0.25) is 0 Å². The molecule has 0 fully saturated rings. The van der Waals surface area contributed by atoms with Gasteiger partial charge in [-0.15, -0.1) is 0 Å². The van der Waals surface area contributed by atoms with Crippen molar-refractivity contribution in [3.05, 3.63) is 34.3 Å². The Hall–Kier alpha value is -0.570. The predicted octanol–water partition coefficient (Wildman–Crippen LogP) is 3.72. The van der Waals surface area contributed by atoms with Gasteiger partial charge in [-0.25, -0.2) is 0 Å². The lowest BCUT2D eigenvalue weighted by Gasteiger charge is -2.22. The number of aryl methyl sites for hydroxylation is 1. The molecule has 2 atom stereocenters. The van der Waals surface area contributed by atoms with Crippen molar-refractivity contribution in [3.63, 3.8) is 0 Å². The van der Waals surface area contributed by atoms with Crippen molar-refractivity contribution in [2.45, 2.75) is 39.3 Å². The van der Waals surface area contributed by atoms with Crippen LogP contribution in [0.3, 0.4) is 0 Å². The first kappa shape index (κ1) is 14.5. The lowest BCUT2D eigenvalue weighted by Crippen LogP contribution is -2.25. The fourth-order valence-corrected chi connectivity index (χ4v) is 2.03. The van der Waals surface area contributed by atoms with Gasteiger partial charge in [0.1, 0.15) is 0 Å². The number of benzene rings is 1. The molecule has 1 rings (SSSR count). The maximum absolute atomic E-state index is 6.17. The van der Waals surface area contributed by atoms with E-state index in [1.807, 2.05) is 13.0 Å². The van der Waals surface area contributed by atoms with Crippen LogP contribution in [0.2, 0.25) is 5.02 Å². The number of nitrogens with one attached hydrogen (secondary N) is 1. The standard InChI is InChI=1S/C14H22ClNO/c1-5-16-14(8-11(3)17-4)12-7-6-10(2)13(15)9-12/h6-7,9,11,14,16H,5,8H2,1-4H3. The molecule has 0 aromatic heterocycles. The third kappa shape index (κ3) is 4.30. The third-order valence-corrected chi connectivity index (χ3v) is 3.43. The van der Waals surface area contributed by atoms with Crippen LogP contribution in [0.15, 0.2) is 18.2 Å². The fraction of sp³-hybridized carbons (Fsp3) is 0.571. The van der Waals surface area contributed by atoms with E-state index in [-0.39, 0.29) is 6.10 Å². The van der Waals surface area contributed by atoms with Crippen LogP contribution in [0.1, 0.15) is 37.4 Å². The van der Waals surface area contributed by atoms with Crippen molar-refractivity contribution < 1.29 is 4.74 Å². The highest BCUT2D eigenvalue weighted by Crippen LogP contribution is 2.24. The summed E-state index contributed by atoms with van der Waals surface area (Å²) in [4.78, 5) is 0. The van der Waals surface area contributed by atoms with Crippen molar-refractivity contribution >= 4 is 11.6 Å². The molecule has 1 N–H and O–H groups in total. The molecule has 0 heterocycles. The summed E-state index contributed by atoms with van der Waals surface area (Å²) in [5, 5.41) is 4.30. The molecule has 2 unspecified atom stereocenters. The molecular weight excluding hydrogens is 234 g/mol. The summed E-state index contributed by atoms with van der Waals surface area (Å²) >= 11 is 6.17. The van der Waals surface area contributed by atoms with E-state index in [4.69, 9.17) is 16.3 Å². The number of hydrogen-bond acceptors (Lipinski definition) is 2. The first-order chi connectivity index (χ1) is 8.08. The van der Waals surface area contributed by atoms with Crippen molar-refractivity contribution in [2.75, 3.05) is 13.7 Å². The second-order valence-electron chi connectivity index (χ2n) is 4.40. The Bertz CT molecular complexity index is 354. The summed E-state index contributed by atoms with van der Waals surface area (Å²) in [6.45, 7) is 7.15. The molecule has 3 heteroatoms. The smallest absolute Gasteiger partial charge is 0.0561 e. The summed E-state index contributed by atoms with van der Waals surface area (Å²) in [6, 6.07) is 6.55. The lowest BCUT2D eigenvalue weighted by atomic mass is 10.00. The molecule has 0 spiro atoms. The van der Waals surface area contributed by atoms with Crippen molar-refractivity contribution in [3.8, 4) is 0 Å². The molecule has 0 radical (unpaired) electrons. The number of ether oxygens (including phenoxy) is 1. The Morgan fingerprint density at radius 1 is 1.41 bits per heavy atom. The van der Waals surface area contributed by atoms with E-state index in [2.05, 4.69) is 31.3 Å². The lowest BCUT2D eigenvalue weighted by molar-refractivity contribution is 0.101. The van der Waals surface area contributed by atoms with Gasteiger partial charge in [0.25, 0.3) is 0 Å². The summed E-state index contributed by atoms with van der Waals surface area (Å²) in [5.41, 5.74) is 2.34. The van der Waals surface area contributed by atoms with Gasteiger partial charge in [0.15, 0.2) is 0 Å². The van der Waals surface area contributed by atoms with Gasteiger partial charge in [0.05, 0.1) is 6.10 Å². The third-order valence-electron chi connectivity index (χ3n) is 3.02. The normalized spacial score (nSPS) is 14.6. The first-order valence-electron chi connectivity index (χ1n) is 6.10. The summed E-state index contributed by atoms with van der Waals surface area (Å²) in [6.07, 6.45) is 1.18. The van der Waals surface area contributed by atoms with Crippen LogP contribution in [0, 0.1) is 6.92 Å². The molecular formula is C14H22ClNO. The van der Waals surface area contributed by atoms with Crippen molar-refractivity contribution in [2.24, 2.45) is 0 Å². The van der Waals surface area contributed by atoms with Gasteiger partial charge in [-0.2, -0.15) is 0 Å². The summed E-state index contributed by atoms with van der Waals surface area (Å²) in [7, 11) is 1.75. The topological polar surface area (TPSA) is 21.3 Å². The van der Waals surface area contributed by atoms with Gasteiger partial charge in [0.2, 0.25) is 0 Å². The SMILES string of the molecule is CCNC(CC(C)OC)c1ccc(C)c(Cl)c1. The average Bonchev–Trinajstić information content (AvgIpc) is 2.32. The maximum atomic E-state index is 6.17. The molecule has 1 aromatic rings. The Labute approximate surface area is 109 Å². The van der Waals surface area contributed by atoms with Crippen LogP contribution in [0.4, 0.5) is 0 Å². The monoisotopic (exact) mass is 255 g/mol. The average molecular weight is 256 g/mol. The Morgan fingerprint density at radius 2 is 2.12 bits per heavy atom. The highest BCUT2D eigenvalue weighted by atomic mass is 35.5. The number of rotatable bonds is 6. The number of hydrogen-bond donors (Lipinski definition) is 1. The quantitative estimate of drug-likeness (QED) is 0.837. The molecule has 0 aliphatic heterocycles. The van der Waals surface area contributed by atoms with Gasteiger partial charge in [-0.05, 0) is 44.0 Å². The predicted molar refractivity (Wildman–Crippen MR) is 73.7 cm³/mol. The number of halogens is 1. The van der Waals surface area contributed by atoms with Crippen LogP contribution in [-0.2, 0) is 4.74 Å². The highest BCUT2D eigenvalue weighted by molar-refractivity contribution is 6.31. The van der Waals surface area contributed by atoms with E-state index in [0.29, 0.717) is 6.04 Å². The largest absolute Gasteiger partial charge is 0.382 e. The highest BCUT2D eigenvalue weighted by Gasteiger charge is 2.14. The summed E-state index contributed by atoms with van der Waals surface area (Å²) in [5.74, 6) is 0. The zero-order valence-corrected chi connectivity index (χ0v) is 11.8. The Morgan fingerprint density at radius 3 is 2.65 bits per heavy atom. The summed E-state index contributed by atoms with van der Waals surface area (Å²) < 4.78 is 5.33. The fourth-order valence-electron chi connectivity index (χ4n) is 1.84. The number of methoxy groups -OCH3 is 1. The maximum Gasteiger partial charge on any atom is 0.0561 e. The first-order valence-corrected chi connectivity index (χ1v) is 6.48. The van der Waals surface area contributed by atoms with Gasteiger partial charge in [-0.1, -0.05) is 30.7 Å². The molecule has 1 aromatic carbocycles. The Kier molecular flexibility index (Phi) is 5.96. The van der Waals surface area contributed by atoms with E-state index in [0.717, 1.165) is 23.6 Å². The van der Waals surface area contributed by atoms with Crippen LogP contribution >= 0.6 is 11.6 Å². The van der Waals surface area contributed by atoms with Crippen LogP contribution in [-0.4, -0.2) is 19.8 Å². The second kappa shape index (κ2) is 7.00. The second-order valence-corrected chi connectivity index (χ2v) is 4.81. The minimum atomic E-state index is 0.235. The molecule has 0 saturated carbocycles. The minimum absolute atomic E-state index is 0.235. The van der Waals surface area contributed by atoms with E-state index in [1.165, 1.54) is 5.56 Å². The zero-order chi connectivity index (χ0) is 12.8. The molecule has 96 valence electrons. The van der Waals surface area contributed by atoms with Crippen molar-refractivity contribution in [1.29, 1.82) is 0 Å². The molecule has 0 amide bonds. The van der Waals surface area contributed by atoms with E-state index < -0.39 is 0 Å². The molecule has 2 nitrogen and oxygen atoms in total.